The van der Waals surface area contributed by atoms with Gasteiger partial charge in [-0.05, 0) is 55.7 Å². The van der Waals surface area contributed by atoms with Gasteiger partial charge in [0.25, 0.3) is 5.91 Å². The van der Waals surface area contributed by atoms with Crippen molar-refractivity contribution in [3.05, 3.63) is 84.4 Å². The maximum atomic E-state index is 12.2. The number of benzene rings is 2. The first kappa shape index (κ1) is 23.3. The summed E-state index contributed by atoms with van der Waals surface area (Å²) in [6.07, 6.45) is 6.76. The number of nitrogens with one attached hydrogen (secondary N) is 1. The van der Waals surface area contributed by atoms with Gasteiger partial charge in [0, 0.05) is 38.0 Å². The number of carbonyl (C=O) groups is 1. The monoisotopic (exact) mass is 458 g/mol. The van der Waals surface area contributed by atoms with Crippen molar-refractivity contribution in [3.63, 3.8) is 0 Å². The minimum atomic E-state index is -0.0994. The number of unbranched alkanes of at least 4 members (excludes halogenated alkanes) is 1. The van der Waals surface area contributed by atoms with E-state index in [0.717, 1.165) is 60.6 Å². The van der Waals surface area contributed by atoms with Crippen molar-refractivity contribution in [1.82, 2.24) is 19.9 Å². The molecule has 0 saturated carbocycles. The van der Waals surface area contributed by atoms with E-state index in [9.17, 15) is 4.79 Å². The van der Waals surface area contributed by atoms with Crippen LogP contribution in [0.1, 0.15) is 35.4 Å². The van der Waals surface area contributed by atoms with E-state index in [1.807, 2.05) is 42.5 Å². The molecule has 2 aromatic carbocycles. The van der Waals surface area contributed by atoms with Gasteiger partial charge in [0.15, 0.2) is 0 Å². The van der Waals surface area contributed by atoms with Crippen molar-refractivity contribution in [2.75, 3.05) is 20.3 Å². The van der Waals surface area contributed by atoms with Crippen LogP contribution in [0.15, 0.2) is 73.1 Å². The first-order chi connectivity index (χ1) is 16.7. The highest BCUT2D eigenvalue weighted by Gasteiger charge is 2.11. The van der Waals surface area contributed by atoms with Crippen LogP contribution in [0, 0.1) is 0 Å². The largest absolute Gasteiger partial charge is 0.497 e. The van der Waals surface area contributed by atoms with E-state index in [1.165, 1.54) is 0 Å². The summed E-state index contributed by atoms with van der Waals surface area (Å²) in [7, 11) is 1.65. The number of ether oxygens (including phenoxy) is 2. The third-order valence-electron chi connectivity index (χ3n) is 5.61. The molecule has 0 saturated heterocycles. The Balaban J connectivity index is 1.28. The summed E-state index contributed by atoms with van der Waals surface area (Å²) in [5.41, 5.74) is 2.72. The average Bonchev–Trinajstić information content (AvgIpc) is 3.24. The van der Waals surface area contributed by atoms with Gasteiger partial charge in [0.2, 0.25) is 0 Å². The number of imidazole rings is 1. The molecule has 0 aliphatic rings. The Hall–Kier alpha value is -3.87. The van der Waals surface area contributed by atoms with E-state index in [1.54, 1.807) is 31.6 Å². The fourth-order valence-corrected chi connectivity index (χ4v) is 3.87. The first-order valence-electron chi connectivity index (χ1n) is 11.6. The zero-order chi connectivity index (χ0) is 23.6. The standard InChI is InChI=1S/C27H30N4O3/c1-33-22-10-6-11-23(19-22)34-18-5-4-17-31-25-13-3-2-12-24(25)30-26(31)14-8-16-29-27(32)21-9-7-15-28-20-21/h2-3,6-7,9-13,15,19-20H,4-5,8,14,16-18H2,1H3,(H,29,32). The van der Waals surface area contributed by atoms with Crippen molar-refractivity contribution >= 4 is 16.9 Å². The normalized spacial score (nSPS) is 10.9. The molecule has 4 rings (SSSR count). The Labute approximate surface area is 199 Å². The quantitative estimate of drug-likeness (QED) is 0.312. The topological polar surface area (TPSA) is 78.3 Å². The molecule has 2 heterocycles. The second-order valence-electron chi connectivity index (χ2n) is 8.00. The van der Waals surface area contributed by atoms with Gasteiger partial charge >= 0.3 is 0 Å². The number of aromatic nitrogens is 3. The molecule has 34 heavy (non-hydrogen) atoms. The molecule has 1 amide bonds. The van der Waals surface area contributed by atoms with Crippen molar-refractivity contribution in [2.24, 2.45) is 0 Å². The molecular weight excluding hydrogens is 428 g/mol. The van der Waals surface area contributed by atoms with Gasteiger partial charge in [-0.15, -0.1) is 0 Å². The lowest BCUT2D eigenvalue weighted by Gasteiger charge is -2.11. The number of carbonyl (C=O) groups excluding carboxylic acids is 1. The fraction of sp³-hybridized carbons (Fsp3) is 0.296. The third-order valence-corrected chi connectivity index (χ3v) is 5.61. The molecular formula is C27H30N4O3. The molecule has 7 heteroatoms. The van der Waals surface area contributed by atoms with Crippen LogP contribution in [0.5, 0.6) is 11.5 Å². The molecule has 7 nitrogen and oxygen atoms in total. The van der Waals surface area contributed by atoms with Gasteiger partial charge in [-0.1, -0.05) is 18.2 Å². The Morgan fingerprint density at radius 1 is 1.00 bits per heavy atom. The minimum absolute atomic E-state index is 0.0994. The summed E-state index contributed by atoms with van der Waals surface area (Å²) in [5, 5.41) is 2.96. The third kappa shape index (κ3) is 6.13. The Kier molecular flexibility index (Phi) is 8.11. The van der Waals surface area contributed by atoms with E-state index in [0.29, 0.717) is 18.7 Å². The first-order valence-corrected chi connectivity index (χ1v) is 11.6. The van der Waals surface area contributed by atoms with Crippen LogP contribution >= 0.6 is 0 Å². The SMILES string of the molecule is COc1cccc(OCCCCn2c(CCCNC(=O)c3cccnc3)nc3ccccc32)c1. The lowest BCUT2D eigenvalue weighted by Crippen LogP contribution is -2.25. The van der Waals surface area contributed by atoms with Gasteiger partial charge < -0.3 is 19.4 Å². The number of rotatable bonds is 12. The molecule has 0 atom stereocenters. The number of hydrogen-bond donors (Lipinski definition) is 1. The molecule has 0 aliphatic heterocycles. The second-order valence-corrected chi connectivity index (χ2v) is 8.00. The molecule has 1 N–H and O–H groups in total. The number of pyridine rings is 1. The smallest absolute Gasteiger partial charge is 0.252 e. The lowest BCUT2D eigenvalue weighted by atomic mass is 10.2. The summed E-state index contributed by atoms with van der Waals surface area (Å²) in [4.78, 5) is 21.1. The van der Waals surface area contributed by atoms with E-state index < -0.39 is 0 Å². The number of hydrogen-bond acceptors (Lipinski definition) is 5. The highest BCUT2D eigenvalue weighted by molar-refractivity contribution is 5.93. The molecule has 0 fully saturated rings. The highest BCUT2D eigenvalue weighted by atomic mass is 16.5. The van der Waals surface area contributed by atoms with Gasteiger partial charge in [0.05, 0.1) is 30.3 Å². The minimum Gasteiger partial charge on any atom is -0.497 e. The molecule has 0 bridgehead atoms. The summed E-state index contributed by atoms with van der Waals surface area (Å²) in [6, 6.07) is 19.4. The van der Waals surface area contributed by atoms with Crippen LogP contribution in [-0.4, -0.2) is 40.7 Å². The predicted octanol–water partition coefficient (Wildman–Crippen LogP) is 4.66. The Morgan fingerprint density at radius 3 is 2.74 bits per heavy atom. The van der Waals surface area contributed by atoms with Crippen LogP contribution in [0.3, 0.4) is 0 Å². The number of nitrogens with zero attached hydrogens (tertiary/aromatic N) is 3. The Morgan fingerprint density at radius 2 is 1.88 bits per heavy atom. The van der Waals surface area contributed by atoms with Gasteiger partial charge in [-0.25, -0.2) is 4.98 Å². The lowest BCUT2D eigenvalue weighted by molar-refractivity contribution is 0.0952. The average molecular weight is 459 g/mol. The summed E-state index contributed by atoms with van der Waals surface area (Å²) >= 11 is 0. The van der Waals surface area contributed by atoms with Crippen LogP contribution in [-0.2, 0) is 13.0 Å². The van der Waals surface area contributed by atoms with Crippen molar-refractivity contribution in [2.45, 2.75) is 32.2 Å². The molecule has 0 radical (unpaired) electrons. The zero-order valence-electron chi connectivity index (χ0n) is 19.4. The van der Waals surface area contributed by atoms with Gasteiger partial charge in [-0.2, -0.15) is 0 Å². The predicted molar refractivity (Wildman–Crippen MR) is 132 cm³/mol. The molecule has 0 aliphatic carbocycles. The number of methoxy groups -OCH3 is 1. The van der Waals surface area contributed by atoms with Crippen molar-refractivity contribution in [1.29, 1.82) is 0 Å². The van der Waals surface area contributed by atoms with Crippen LogP contribution < -0.4 is 14.8 Å². The highest BCUT2D eigenvalue weighted by Crippen LogP contribution is 2.20. The number of fused-ring (bicyclic) bond motifs is 1. The van der Waals surface area contributed by atoms with E-state index in [2.05, 4.69) is 20.9 Å². The van der Waals surface area contributed by atoms with Crippen molar-refractivity contribution in [3.8, 4) is 11.5 Å². The van der Waals surface area contributed by atoms with E-state index in [4.69, 9.17) is 14.5 Å². The molecule has 4 aromatic rings. The number of amides is 1. The molecule has 0 spiro atoms. The van der Waals surface area contributed by atoms with Crippen molar-refractivity contribution < 1.29 is 14.3 Å². The number of aryl methyl sites for hydroxylation is 2. The molecule has 176 valence electrons. The van der Waals surface area contributed by atoms with E-state index in [-0.39, 0.29) is 5.91 Å². The van der Waals surface area contributed by atoms with E-state index >= 15 is 0 Å². The van der Waals surface area contributed by atoms with Gasteiger partial charge in [0.1, 0.15) is 17.3 Å². The summed E-state index contributed by atoms with van der Waals surface area (Å²) in [6.45, 7) is 2.11. The Bertz CT molecular complexity index is 1210. The van der Waals surface area contributed by atoms with Gasteiger partial charge in [-0.3, -0.25) is 9.78 Å². The van der Waals surface area contributed by atoms with Crippen LogP contribution in [0.4, 0.5) is 0 Å². The molecule has 0 unspecified atom stereocenters. The number of para-hydroxylation sites is 2. The maximum absolute atomic E-state index is 12.2. The summed E-state index contributed by atoms with van der Waals surface area (Å²) < 4.78 is 13.4. The zero-order valence-corrected chi connectivity index (χ0v) is 19.4. The second kappa shape index (κ2) is 11.8. The maximum Gasteiger partial charge on any atom is 0.252 e. The fourth-order valence-electron chi connectivity index (χ4n) is 3.87. The van der Waals surface area contributed by atoms with Crippen LogP contribution in [0.2, 0.25) is 0 Å². The summed E-state index contributed by atoms with van der Waals surface area (Å²) in [5.74, 6) is 2.56. The van der Waals surface area contributed by atoms with Crippen LogP contribution in [0.25, 0.3) is 11.0 Å². The molecule has 2 aromatic heterocycles.